The van der Waals surface area contributed by atoms with Gasteiger partial charge in [-0.3, -0.25) is 10.1 Å². The van der Waals surface area contributed by atoms with Gasteiger partial charge >= 0.3 is 6.09 Å². The van der Waals surface area contributed by atoms with E-state index >= 15 is 0 Å². The SMILES string of the molecule is CCOC(=O)Nc1ccc(NC(C)=O)c(C)c1. The van der Waals surface area contributed by atoms with Gasteiger partial charge in [0.25, 0.3) is 0 Å². The van der Waals surface area contributed by atoms with Crippen LogP contribution in [0.2, 0.25) is 0 Å². The summed E-state index contributed by atoms with van der Waals surface area (Å²) in [6.07, 6.45) is -0.487. The highest BCUT2D eigenvalue weighted by molar-refractivity contribution is 5.90. The highest BCUT2D eigenvalue weighted by Gasteiger charge is 2.05. The molecular weight excluding hydrogens is 220 g/mol. The Labute approximate surface area is 100 Å². The van der Waals surface area contributed by atoms with Gasteiger partial charge in [-0.05, 0) is 37.6 Å². The zero-order valence-electron chi connectivity index (χ0n) is 10.2. The van der Waals surface area contributed by atoms with E-state index in [0.717, 1.165) is 11.3 Å². The Hall–Kier alpha value is -2.04. The molecule has 5 nitrogen and oxygen atoms in total. The third-order valence-electron chi connectivity index (χ3n) is 2.06. The van der Waals surface area contributed by atoms with Crippen molar-refractivity contribution in [2.75, 3.05) is 17.2 Å². The van der Waals surface area contributed by atoms with Crippen molar-refractivity contribution in [3.63, 3.8) is 0 Å². The van der Waals surface area contributed by atoms with Crippen LogP contribution in [0.25, 0.3) is 0 Å². The third kappa shape index (κ3) is 4.14. The number of anilines is 2. The summed E-state index contributed by atoms with van der Waals surface area (Å²) >= 11 is 0. The van der Waals surface area contributed by atoms with E-state index in [1.807, 2.05) is 6.92 Å². The first-order valence-corrected chi connectivity index (χ1v) is 5.35. The monoisotopic (exact) mass is 236 g/mol. The molecule has 2 N–H and O–H groups in total. The van der Waals surface area contributed by atoms with Gasteiger partial charge in [-0.25, -0.2) is 4.79 Å². The first-order valence-electron chi connectivity index (χ1n) is 5.35. The molecule has 0 aliphatic rings. The van der Waals surface area contributed by atoms with Crippen LogP contribution in [0.4, 0.5) is 16.2 Å². The maximum Gasteiger partial charge on any atom is 0.411 e. The molecular formula is C12H16N2O3. The second kappa shape index (κ2) is 5.89. The molecule has 1 aromatic carbocycles. The lowest BCUT2D eigenvalue weighted by molar-refractivity contribution is -0.114. The van der Waals surface area contributed by atoms with E-state index in [9.17, 15) is 9.59 Å². The summed E-state index contributed by atoms with van der Waals surface area (Å²) in [5, 5.41) is 5.29. The van der Waals surface area contributed by atoms with Crippen molar-refractivity contribution in [1.82, 2.24) is 0 Å². The van der Waals surface area contributed by atoms with Crippen LogP contribution in [0.15, 0.2) is 18.2 Å². The predicted octanol–water partition coefficient (Wildman–Crippen LogP) is 2.52. The Morgan fingerprint density at radius 1 is 1.29 bits per heavy atom. The zero-order valence-corrected chi connectivity index (χ0v) is 10.2. The van der Waals surface area contributed by atoms with E-state index in [4.69, 9.17) is 4.74 Å². The Morgan fingerprint density at radius 2 is 2.00 bits per heavy atom. The van der Waals surface area contributed by atoms with Crippen LogP contribution in [-0.2, 0) is 9.53 Å². The molecule has 0 aliphatic carbocycles. The number of hydrogen-bond donors (Lipinski definition) is 2. The van der Waals surface area contributed by atoms with Crippen LogP contribution in [0, 0.1) is 6.92 Å². The lowest BCUT2D eigenvalue weighted by Gasteiger charge is -2.09. The number of benzene rings is 1. The fourth-order valence-electron chi connectivity index (χ4n) is 1.36. The van der Waals surface area contributed by atoms with Gasteiger partial charge in [-0.15, -0.1) is 0 Å². The summed E-state index contributed by atoms with van der Waals surface area (Å²) in [4.78, 5) is 22.1. The standard InChI is InChI=1S/C12H16N2O3/c1-4-17-12(16)14-10-5-6-11(8(2)7-10)13-9(3)15/h5-7H,4H2,1-3H3,(H,13,15)(H,14,16). The van der Waals surface area contributed by atoms with Gasteiger partial charge in [0.1, 0.15) is 0 Å². The molecule has 1 rings (SSSR count). The molecule has 1 aromatic rings. The van der Waals surface area contributed by atoms with E-state index in [0.29, 0.717) is 12.3 Å². The molecule has 0 heterocycles. The molecule has 0 aliphatic heterocycles. The van der Waals surface area contributed by atoms with Crippen LogP contribution >= 0.6 is 0 Å². The Kier molecular flexibility index (Phi) is 4.51. The van der Waals surface area contributed by atoms with Crippen molar-refractivity contribution in [3.05, 3.63) is 23.8 Å². The average molecular weight is 236 g/mol. The lowest BCUT2D eigenvalue weighted by Crippen LogP contribution is -2.13. The van der Waals surface area contributed by atoms with Crippen LogP contribution < -0.4 is 10.6 Å². The molecule has 92 valence electrons. The predicted molar refractivity (Wildman–Crippen MR) is 66.1 cm³/mol. The maximum absolute atomic E-state index is 11.2. The van der Waals surface area contributed by atoms with Crippen molar-refractivity contribution in [3.8, 4) is 0 Å². The van der Waals surface area contributed by atoms with Crippen molar-refractivity contribution < 1.29 is 14.3 Å². The lowest BCUT2D eigenvalue weighted by atomic mass is 10.2. The Morgan fingerprint density at radius 3 is 2.53 bits per heavy atom. The molecule has 0 saturated heterocycles. The van der Waals surface area contributed by atoms with Gasteiger partial charge in [0, 0.05) is 18.3 Å². The van der Waals surface area contributed by atoms with Gasteiger partial charge < -0.3 is 10.1 Å². The minimum absolute atomic E-state index is 0.126. The largest absolute Gasteiger partial charge is 0.450 e. The number of carbonyl (C=O) groups is 2. The van der Waals surface area contributed by atoms with Crippen LogP contribution in [-0.4, -0.2) is 18.6 Å². The molecule has 0 saturated carbocycles. The molecule has 0 aromatic heterocycles. The first-order chi connectivity index (χ1) is 8.02. The molecule has 2 amide bonds. The molecule has 0 atom stereocenters. The molecule has 0 unspecified atom stereocenters. The highest BCUT2D eigenvalue weighted by Crippen LogP contribution is 2.19. The second-order valence-corrected chi connectivity index (χ2v) is 3.56. The fraction of sp³-hybridized carbons (Fsp3) is 0.333. The number of rotatable bonds is 3. The van der Waals surface area contributed by atoms with Crippen molar-refractivity contribution in [1.29, 1.82) is 0 Å². The quantitative estimate of drug-likeness (QED) is 0.847. The van der Waals surface area contributed by atoms with Crippen molar-refractivity contribution >= 4 is 23.4 Å². The minimum atomic E-state index is -0.487. The molecule has 17 heavy (non-hydrogen) atoms. The van der Waals surface area contributed by atoms with E-state index in [2.05, 4.69) is 10.6 Å². The second-order valence-electron chi connectivity index (χ2n) is 3.56. The average Bonchev–Trinajstić information content (AvgIpc) is 2.22. The number of nitrogens with one attached hydrogen (secondary N) is 2. The summed E-state index contributed by atoms with van der Waals surface area (Å²) < 4.78 is 4.76. The Balaban J connectivity index is 2.74. The topological polar surface area (TPSA) is 67.4 Å². The normalized spacial score (nSPS) is 9.59. The third-order valence-corrected chi connectivity index (χ3v) is 2.06. The Bertz CT molecular complexity index is 430. The summed E-state index contributed by atoms with van der Waals surface area (Å²) in [5.41, 5.74) is 2.23. The number of ether oxygens (including phenoxy) is 1. The van der Waals surface area contributed by atoms with E-state index in [1.54, 1.807) is 25.1 Å². The van der Waals surface area contributed by atoms with Gasteiger partial charge in [0.15, 0.2) is 0 Å². The van der Waals surface area contributed by atoms with Crippen LogP contribution in [0.3, 0.4) is 0 Å². The molecule has 0 radical (unpaired) electrons. The first kappa shape index (κ1) is 13.0. The minimum Gasteiger partial charge on any atom is -0.450 e. The summed E-state index contributed by atoms with van der Waals surface area (Å²) in [5.74, 6) is -0.126. The smallest absolute Gasteiger partial charge is 0.411 e. The molecule has 0 fully saturated rings. The molecule has 0 spiro atoms. The molecule has 0 bridgehead atoms. The van der Waals surface area contributed by atoms with Crippen LogP contribution in [0.5, 0.6) is 0 Å². The van der Waals surface area contributed by atoms with E-state index < -0.39 is 6.09 Å². The van der Waals surface area contributed by atoms with Gasteiger partial charge in [-0.2, -0.15) is 0 Å². The van der Waals surface area contributed by atoms with E-state index in [1.165, 1.54) is 6.92 Å². The highest BCUT2D eigenvalue weighted by atomic mass is 16.5. The molecule has 5 heteroatoms. The van der Waals surface area contributed by atoms with Gasteiger partial charge in [0.05, 0.1) is 6.61 Å². The summed E-state index contributed by atoms with van der Waals surface area (Å²) in [7, 11) is 0. The number of hydrogen-bond acceptors (Lipinski definition) is 3. The van der Waals surface area contributed by atoms with Gasteiger partial charge in [-0.1, -0.05) is 0 Å². The summed E-state index contributed by atoms with van der Waals surface area (Å²) in [6.45, 7) is 5.37. The summed E-state index contributed by atoms with van der Waals surface area (Å²) in [6, 6.07) is 5.20. The van der Waals surface area contributed by atoms with E-state index in [-0.39, 0.29) is 5.91 Å². The van der Waals surface area contributed by atoms with Crippen molar-refractivity contribution in [2.24, 2.45) is 0 Å². The van der Waals surface area contributed by atoms with Crippen LogP contribution in [0.1, 0.15) is 19.4 Å². The van der Waals surface area contributed by atoms with Gasteiger partial charge in [0.2, 0.25) is 5.91 Å². The number of amides is 2. The fourth-order valence-corrected chi connectivity index (χ4v) is 1.36. The maximum atomic E-state index is 11.2. The number of aryl methyl sites for hydroxylation is 1. The zero-order chi connectivity index (χ0) is 12.8. The number of carbonyl (C=O) groups excluding carboxylic acids is 2. The van der Waals surface area contributed by atoms with Crippen molar-refractivity contribution in [2.45, 2.75) is 20.8 Å².